The van der Waals surface area contributed by atoms with Gasteiger partial charge in [0, 0.05) is 54.4 Å². The minimum Gasteiger partial charge on any atom is -0.385 e. The van der Waals surface area contributed by atoms with Crippen molar-refractivity contribution in [2.75, 3.05) is 51.4 Å². The average molecular weight is 575 g/mol. The highest BCUT2D eigenvalue weighted by atomic mass is 32.2. The number of anilines is 1. The summed E-state index contributed by atoms with van der Waals surface area (Å²) in [6.45, 7) is 3.08. The summed E-state index contributed by atoms with van der Waals surface area (Å²) in [4.78, 5) is 13.5. The van der Waals surface area contributed by atoms with Crippen LogP contribution in [0.4, 0.5) is 32.0 Å². The van der Waals surface area contributed by atoms with Gasteiger partial charge in [-0.2, -0.15) is 26.3 Å². The second-order valence-electron chi connectivity index (χ2n) is 9.24. The largest absolute Gasteiger partial charge is 0.418 e. The highest BCUT2D eigenvalue weighted by molar-refractivity contribution is 7.99. The van der Waals surface area contributed by atoms with Gasteiger partial charge in [0.25, 0.3) is 0 Å². The number of nitrogens with one attached hydrogen (secondary N) is 1. The third kappa shape index (κ3) is 7.92. The summed E-state index contributed by atoms with van der Waals surface area (Å²) in [5.74, 6) is -0.194. The molecule has 2 aliphatic rings. The van der Waals surface area contributed by atoms with Crippen molar-refractivity contribution in [3.63, 3.8) is 0 Å². The Balaban J connectivity index is 1.61. The van der Waals surface area contributed by atoms with Crippen LogP contribution in [0.1, 0.15) is 29.5 Å². The Bertz CT molecular complexity index is 1170. The average Bonchev–Trinajstić information content (AvgIpc) is 2.91. The van der Waals surface area contributed by atoms with Crippen molar-refractivity contribution in [3.8, 4) is 0 Å². The minimum atomic E-state index is -5.31. The van der Waals surface area contributed by atoms with Crippen LogP contribution < -0.4 is 5.32 Å². The molecule has 2 fully saturated rings. The van der Waals surface area contributed by atoms with Gasteiger partial charge in [-0.1, -0.05) is 23.9 Å². The van der Waals surface area contributed by atoms with Crippen molar-refractivity contribution < 1.29 is 40.6 Å². The lowest BCUT2D eigenvalue weighted by Crippen LogP contribution is -2.39. The molecule has 2 aromatic rings. The minimum absolute atomic E-state index is 0.252. The maximum atomic E-state index is 14.2. The van der Waals surface area contributed by atoms with Crippen molar-refractivity contribution in [2.45, 2.75) is 35.0 Å². The van der Waals surface area contributed by atoms with Gasteiger partial charge in [0.2, 0.25) is 5.91 Å². The molecule has 0 unspecified atom stereocenters. The number of hydrogen-bond acceptors (Lipinski definition) is 5. The summed E-state index contributed by atoms with van der Waals surface area (Å²) >= 11 is 0.610. The van der Waals surface area contributed by atoms with E-state index in [-0.39, 0.29) is 26.3 Å². The molecule has 2 heterocycles. The molecule has 0 aromatic heterocycles. The zero-order valence-electron chi connectivity index (χ0n) is 20.9. The van der Waals surface area contributed by atoms with E-state index in [0.717, 1.165) is 37.1 Å². The molecule has 12 heteroatoms. The van der Waals surface area contributed by atoms with Crippen LogP contribution in [-0.4, -0.2) is 56.9 Å². The molecule has 0 radical (unpaired) electrons. The molecule has 1 N–H and O–H groups in total. The highest BCUT2D eigenvalue weighted by Crippen LogP contribution is 2.48. The van der Waals surface area contributed by atoms with Crippen molar-refractivity contribution in [3.05, 3.63) is 59.2 Å². The van der Waals surface area contributed by atoms with Crippen molar-refractivity contribution in [1.29, 1.82) is 0 Å². The molecule has 4 rings (SSSR count). The number of benzene rings is 2. The first-order valence-electron chi connectivity index (χ1n) is 12.5. The number of alkyl halides is 6. The van der Waals surface area contributed by atoms with Gasteiger partial charge in [0.1, 0.15) is 0 Å². The molecule has 0 aliphatic carbocycles. The third-order valence-electron chi connectivity index (χ3n) is 6.49. The molecule has 212 valence electrons. The van der Waals surface area contributed by atoms with Crippen LogP contribution in [0.5, 0.6) is 0 Å². The number of amides is 1. The molecule has 0 saturated carbocycles. The lowest BCUT2D eigenvalue weighted by Gasteiger charge is -2.25. The first-order chi connectivity index (χ1) is 18.5. The van der Waals surface area contributed by atoms with Gasteiger partial charge >= 0.3 is 12.4 Å². The maximum Gasteiger partial charge on any atom is 0.418 e. The predicted octanol–water partition coefficient (Wildman–Crippen LogP) is 6.59. The fourth-order valence-corrected chi connectivity index (χ4v) is 5.51. The number of hydrogen-bond donors (Lipinski definition) is 1. The Morgan fingerprint density at radius 3 is 2.28 bits per heavy atom. The van der Waals surface area contributed by atoms with E-state index in [1.54, 1.807) is 24.3 Å². The Kier molecular flexibility index (Phi) is 9.50. The normalized spacial score (nSPS) is 17.5. The van der Waals surface area contributed by atoms with E-state index < -0.39 is 39.8 Å². The SMILES string of the molecule is O=C(/C=C/c1ccc(Sc2cccc(NCC3CCOCC3)c2)c(C(F)(F)F)c1C(F)(F)F)N1CCOCC1. The van der Waals surface area contributed by atoms with E-state index >= 15 is 0 Å². The number of morpholine rings is 1. The highest BCUT2D eigenvalue weighted by Gasteiger charge is 2.46. The van der Waals surface area contributed by atoms with Gasteiger partial charge in [-0.25, -0.2) is 0 Å². The van der Waals surface area contributed by atoms with Crippen LogP contribution in [-0.2, 0) is 26.6 Å². The second kappa shape index (κ2) is 12.6. The van der Waals surface area contributed by atoms with Crippen molar-refractivity contribution in [2.24, 2.45) is 5.92 Å². The van der Waals surface area contributed by atoms with E-state index in [4.69, 9.17) is 9.47 Å². The Labute approximate surface area is 226 Å². The van der Waals surface area contributed by atoms with Crippen molar-refractivity contribution >= 4 is 29.4 Å². The molecular weight excluding hydrogens is 546 g/mol. The molecular formula is C27H28F6N2O3S. The fourth-order valence-electron chi connectivity index (χ4n) is 4.47. The summed E-state index contributed by atoms with van der Waals surface area (Å²) in [7, 11) is 0. The van der Waals surface area contributed by atoms with Crippen LogP contribution in [0, 0.1) is 5.92 Å². The van der Waals surface area contributed by atoms with E-state index in [1.807, 2.05) is 0 Å². The second-order valence-corrected chi connectivity index (χ2v) is 10.4. The molecule has 2 saturated heterocycles. The number of nitrogens with zero attached hydrogens (tertiary/aromatic N) is 1. The summed E-state index contributed by atoms with van der Waals surface area (Å²) in [5, 5.41) is 3.26. The number of ether oxygens (including phenoxy) is 2. The fraction of sp³-hybridized carbons (Fsp3) is 0.444. The molecule has 0 spiro atoms. The van der Waals surface area contributed by atoms with E-state index in [1.165, 1.54) is 4.90 Å². The van der Waals surface area contributed by atoms with Gasteiger partial charge in [-0.3, -0.25) is 4.79 Å². The third-order valence-corrected chi connectivity index (χ3v) is 7.54. The smallest absolute Gasteiger partial charge is 0.385 e. The summed E-state index contributed by atoms with van der Waals surface area (Å²) in [6.07, 6.45) is -7.13. The van der Waals surface area contributed by atoms with Gasteiger partial charge in [0.05, 0.1) is 24.3 Å². The first-order valence-corrected chi connectivity index (χ1v) is 13.3. The van der Waals surface area contributed by atoms with E-state index in [2.05, 4.69) is 5.32 Å². The molecule has 2 aromatic carbocycles. The number of rotatable bonds is 7. The lowest BCUT2D eigenvalue weighted by molar-refractivity contribution is -0.163. The Morgan fingerprint density at radius 1 is 0.949 bits per heavy atom. The zero-order valence-corrected chi connectivity index (χ0v) is 21.7. The van der Waals surface area contributed by atoms with Crippen molar-refractivity contribution in [1.82, 2.24) is 4.90 Å². The van der Waals surface area contributed by atoms with E-state index in [9.17, 15) is 31.1 Å². The quantitative estimate of drug-likeness (QED) is 0.299. The number of carbonyl (C=O) groups excluding carboxylic acids is 1. The zero-order chi connectivity index (χ0) is 28.0. The standard InChI is InChI=1S/C27H28F6N2O3S/c28-26(29,30)24-19(5-7-23(36)35-10-14-38-15-11-35)4-6-22(25(24)27(31,32)33)39-21-3-1-2-20(16-21)34-17-18-8-12-37-13-9-18/h1-7,16,18,34H,8-15,17H2/b7-5+. The topological polar surface area (TPSA) is 50.8 Å². The first kappa shape index (κ1) is 29.3. The maximum absolute atomic E-state index is 14.2. The number of halogens is 6. The van der Waals surface area contributed by atoms with Gasteiger partial charge in [-0.15, -0.1) is 0 Å². The molecule has 2 aliphatic heterocycles. The molecule has 5 nitrogen and oxygen atoms in total. The van der Waals surface area contributed by atoms with Gasteiger partial charge in [0.15, 0.2) is 0 Å². The summed E-state index contributed by atoms with van der Waals surface area (Å²) in [6, 6.07) is 8.55. The molecule has 39 heavy (non-hydrogen) atoms. The molecule has 0 atom stereocenters. The lowest BCUT2D eigenvalue weighted by atomic mass is 9.99. The number of carbonyl (C=O) groups is 1. The Morgan fingerprint density at radius 2 is 1.62 bits per heavy atom. The van der Waals surface area contributed by atoms with E-state index in [0.29, 0.717) is 48.0 Å². The Hall–Kier alpha value is -2.70. The predicted molar refractivity (Wildman–Crippen MR) is 135 cm³/mol. The molecule has 0 bridgehead atoms. The van der Waals surface area contributed by atoms with Crippen LogP contribution in [0.2, 0.25) is 0 Å². The summed E-state index contributed by atoms with van der Waals surface area (Å²) in [5.41, 5.74) is -3.66. The van der Waals surface area contributed by atoms with Crippen LogP contribution in [0.25, 0.3) is 6.08 Å². The van der Waals surface area contributed by atoms with Crippen LogP contribution in [0.3, 0.4) is 0 Å². The summed E-state index contributed by atoms with van der Waals surface area (Å²) < 4.78 is 95.3. The van der Waals surface area contributed by atoms with Gasteiger partial charge < -0.3 is 19.7 Å². The van der Waals surface area contributed by atoms with Crippen LogP contribution >= 0.6 is 11.8 Å². The monoisotopic (exact) mass is 574 g/mol. The molecule has 1 amide bonds. The van der Waals surface area contributed by atoms with Crippen LogP contribution in [0.15, 0.2) is 52.3 Å². The van der Waals surface area contributed by atoms with Gasteiger partial charge in [-0.05, 0) is 54.7 Å².